The molecular formula is C23H13F3N2O6. The summed E-state index contributed by atoms with van der Waals surface area (Å²) in [4.78, 5) is 48.8. The quantitative estimate of drug-likeness (QED) is 0.230. The van der Waals surface area contributed by atoms with Gasteiger partial charge < -0.3 is 4.74 Å². The van der Waals surface area contributed by atoms with Crippen molar-refractivity contribution in [3.8, 4) is 0 Å². The predicted octanol–water partition coefficient (Wildman–Crippen LogP) is 4.77. The van der Waals surface area contributed by atoms with Gasteiger partial charge in [0.1, 0.15) is 6.61 Å². The molecule has 0 fully saturated rings. The average molecular weight is 470 g/mol. The Bertz CT molecular complexity index is 1350. The average Bonchev–Trinajstić information content (AvgIpc) is 3.06. The lowest BCUT2D eigenvalue weighted by Gasteiger charge is -2.16. The zero-order chi connectivity index (χ0) is 24.6. The van der Waals surface area contributed by atoms with Crippen LogP contribution in [0.3, 0.4) is 0 Å². The van der Waals surface area contributed by atoms with Gasteiger partial charge in [-0.2, -0.15) is 13.2 Å². The van der Waals surface area contributed by atoms with Gasteiger partial charge in [0.05, 0.1) is 32.9 Å². The van der Waals surface area contributed by atoms with E-state index in [9.17, 15) is 37.7 Å². The molecule has 34 heavy (non-hydrogen) atoms. The molecule has 4 rings (SSSR count). The molecule has 2 amide bonds. The Labute approximate surface area is 189 Å². The molecule has 1 aliphatic rings. The fraction of sp³-hybridized carbons (Fsp3) is 0.0870. The Morgan fingerprint density at radius 3 is 2.35 bits per heavy atom. The van der Waals surface area contributed by atoms with Gasteiger partial charge in [0.2, 0.25) is 0 Å². The van der Waals surface area contributed by atoms with E-state index in [1.54, 1.807) is 0 Å². The molecule has 0 aliphatic carbocycles. The predicted molar refractivity (Wildman–Crippen MR) is 111 cm³/mol. The maximum atomic E-state index is 13.0. The molecule has 0 radical (unpaired) electrons. The van der Waals surface area contributed by atoms with Crippen molar-refractivity contribution in [2.45, 2.75) is 12.8 Å². The van der Waals surface area contributed by atoms with Crippen molar-refractivity contribution < 1.29 is 37.2 Å². The number of carbonyl (C=O) groups excluding carboxylic acids is 3. The fourth-order valence-corrected chi connectivity index (χ4v) is 3.42. The van der Waals surface area contributed by atoms with Gasteiger partial charge in [0, 0.05) is 12.1 Å². The molecular weight excluding hydrogens is 457 g/mol. The maximum Gasteiger partial charge on any atom is 0.416 e. The SMILES string of the molecule is O=C(OCc1cccc([N+](=O)[O-])c1)c1ccc2c(c1)C(=O)N(c1cccc(C(F)(F)F)c1)C2=O. The Hall–Kier alpha value is -4.54. The van der Waals surface area contributed by atoms with Gasteiger partial charge >= 0.3 is 12.1 Å². The minimum absolute atomic E-state index is 0.0716. The van der Waals surface area contributed by atoms with E-state index in [1.807, 2.05) is 0 Å². The zero-order valence-electron chi connectivity index (χ0n) is 17.0. The van der Waals surface area contributed by atoms with Crippen molar-refractivity contribution in [2.75, 3.05) is 4.90 Å². The molecule has 0 N–H and O–H groups in total. The second-order valence-electron chi connectivity index (χ2n) is 7.26. The number of fused-ring (bicyclic) bond motifs is 1. The monoisotopic (exact) mass is 470 g/mol. The number of imide groups is 1. The van der Waals surface area contributed by atoms with Crippen LogP contribution in [0.2, 0.25) is 0 Å². The Morgan fingerprint density at radius 1 is 0.941 bits per heavy atom. The molecule has 0 saturated carbocycles. The van der Waals surface area contributed by atoms with E-state index in [4.69, 9.17) is 4.74 Å². The maximum absolute atomic E-state index is 13.0. The molecule has 3 aromatic rings. The largest absolute Gasteiger partial charge is 0.457 e. The number of nitrogens with zero attached hydrogens (tertiary/aromatic N) is 2. The highest BCUT2D eigenvalue weighted by molar-refractivity contribution is 6.34. The molecule has 1 heterocycles. The summed E-state index contributed by atoms with van der Waals surface area (Å²) >= 11 is 0. The van der Waals surface area contributed by atoms with Crippen LogP contribution in [0.5, 0.6) is 0 Å². The molecule has 0 saturated heterocycles. The first-order valence-electron chi connectivity index (χ1n) is 9.67. The van der Waals surface area contributed by atoms with Crippen LogP contribution >= 0.6 is 0 Å². The van der Waals surface area contributed by atoms with Gasteiger partial charge in [-0.1, -0.05) is 18.2 Å². The topological polar surface area (TPSA) is 107 Å². The van der Waals surface area contributed by atoms with Crippen LogP contribution in [0.4, 0.5) is 24.5 Å². The third-order valence-corrected chi connectivity index (χ3v) is 5.05. The summed E-state index contributed by atoms with van der Waals surface area (Å²) in [5.74, 6) is -2.56. The summed E-state index contributed by atoms with van der Waals surface area (Å²) in [5.41, 5.74) is -1.39. The van der Waals surface area contributed by atoms with E-state index in [0.717, 1.165) is 18.2 Å². The summed E-state index contributed by atoms with van der Waals surface area (Å²) in [7, 11) is 0. The number of hydrogen-bond acceptors (Lipinski definition) is 6. The van der Waals surface area contributed by atoms with Crippen LogP contribution in [0.25, 0.3) is 0 Å². The van der Waals surface area contributed by atoms with Crippen LogP contribution in [-0.4, -0.2) is 22.7 Å². The van der Waals surface area contributed by atoms with Crippen molar-refractivity contribution >= 4 is 29.2 Å². The standard InChI is InChI=1S/C23H13F3N2O6/c24-23(25,26)15-4-2-5-16(11-15)27-20(29)18-8-7-14(10-19(18)21(27)30)22(31)34-12-13-3-1-6-17(9-13)28(32)33/h1-11H,12H2. The van der Waals surface area contributed by atoms with Gasteiger partial charge in [-0.15, -0.1) is 0 Å². The number of carbonyl (C=O) groups is 3. The van der Waals surface area contributed by atoms with Crippen LogP contribution < -0.4 is 4.90 Å². The molecule has 0 bridgehead atoms. The Kier molecular flexibility index (Phi) is 5.61. The van der Waals surface area contributed by atoms with Crippen molar-refractivity contribution in [3.05, 3.63) is 105 Å². The highest BCUT2D eigenvalue weighted by Gasteiger charge is 2.38. The number of nitro groups is 1. The number of benzene rings is 3. The second kappa shape index (κ2) is 8.43. The van der Waals surface area contributed by atoms with E-state index < -0.39 is 34.4 Å². The number of halogens is 3. The van der Waals surface area contributed by atoms with E-state index in [1.165, 1.54) is 42.5 Å². The number of nitro benzene ring substituents is 1. The van der Waals surface area contributed by atoms with Crippen LogP contribution in [0.15, 0.2) is 66.7 Å². The molecule has 0 spiro atoms. The highest BCUT2D eigenvalue weighted by atomic mass is 19.4. The second-order valence-corrected chi connectivity index (χ2v) is 7.26. The first-order valence-corrected chi connectivity index (χ1v) is 9.67. The van der Waals surface area contributed by atoms with Crippen LogP contribution in [0.1, 0.15) is 42.2 Å². The molecule has 3 aromatic carbocycles. The minimum Gasteiger partial charge on any atom is -0.457 e. The normalized spacial score (nSPS) is 13.1. The number of hydrogen-bond donors (Lipinski definition) is 0. The summed E-state index contributed by atoms with van der Waals surface area (Å²) < 4.78 is 44.3. The van der Waals surface area contributed by atoms with E-state index in [-0.39, 0.29) is 34.7 Å². The van der Waals surface area contributed by atoms with Crippen molar-refractivity contribution in [1.29, 1.82) is 0 Å². The molecule has 11 heteroatoms. The number of ether oxygens (including phenoxy) is 1. The highest BCUT2D eigenvalue weighted by Crippen LogP contribution is 2.34. The molecule has 172 valence electrons. The number of non-ortho nitro benzene ring substituents is 1. The number of esters is 1. The summed E-state index contributed by atoms with van der Waals surface area (Å²) in [6, 6.07) is 12.9. The number of alkyl halides is 3. The Morgan fingerprint density at radius 2 is 1.65 bits per heavy atom. The molecule has 0 aromatic heterocycles. The third kappa shape index (κ3) is 4.22. The summed E-state index contributed by atoms with van der Waals surface area (Å²) in [5, 5.41) is 10.9. The van der Waals surface area contributed by atoms with Crippen molar-refractivity contribution in [3.63, 3.8) is 0 Å². The summed E-state index contributed by atoms with van der Waals surface area (Å²) in [6.45, 7) is -0.277. The summed E-state index contributed by atoms with van der Waals surface area (Å²) in [6.07, 6.45) is -4.66. The van der Waals surface area contributed by atoms with Gasteiger partial charge in [-0.3, -0.25) is 19.7 Å². The molecule has 0 unspecified atom stereocenters. The zero-order valence-corrected chi connectivity index (χ0v) is 17.0. The van der Waals surface area contributed by atoms with Crippen molar-refractivity contribution in [2.24, 2.45) is 0 Å². The Balaban J connectivity index is 1.55. The smallest absolute Gasteiger partial charge is 0.416 e. The first-order chi connectivity index (χ1) is 16.1. The molecule has 1 aliphatic heterocycles. The van der Waals surface area contributed by atoms with Gasteiger partial charge in [0.15, 0.2) is 0 Å². The third-order valence-electron chi connectivity index (χ3n) is 5.05. The van der Waals surface area contributed by atoms with Gasteiger partial charge in [-0.25, -0.2) is 9.69 Å². The minimum atomic E-state index is -4.66. The lowest BCUT2D eigenvalue weighted by molar-refractivity contribution is -0.384. The lowest BCUT2D eigenvalue weighted by Crippen LogP contribution is -2.29. The first kappa shape index (κ1) is 22.6. The van der Waals surface area contributed by atoms with Gasteiger partial charge in [0.25, 0.3) is 17.5 Å². The van der Waals surface area contributed by atoms with Gasteiger partial charge in [-0.05, 0) is 42.0 Å². The fourth-order valence-electron chi connectivity index (χ4n) is 3.42. The molecule has 0 atom stereocenters. The number of rotatable bonds is 5. The number of amides is 2. The van der Waals surface area contributed by atoms with Crippen LogP contribution in [0, 0.1) is 10.1 Å². The lowest BCUT2D eigenvalue weighted by atomic mass is 10.1. The van der Waals surface area contributed by atoms with E-state index in [2.05, 4.69) is 0 Å². The van der Waals surface area contributed by atoms with E-state index >= 15 is 0 Å². The van der Waals surface area contributed by atoms with Crippen molar-refractivity contribution in [1.82, 2.24) is 0 Å². The number of anilines is 1. The molecule has 8 nitrogen and oxygen atoms in total. The van der Waals surface area contributed by atoms with E-state index in [0.29, 0.717) is 16.5 Å². The van der Waals surface area contributed by atoms with Crippen LogP contribution in [-0.2, 0) is 17.5 Å².